The fraction of sp³-hybridized carbons (Fsp3) is 0.347. The van der Waals surface area contributed by atoms with Crippen LogP contribution in [0.3, 0.4) is 0 Å². The van der Waals surface area contributed by atoms with Crippen molar-refractivity contribution in [2.75, 3.05) is 0 Å². The zero-order chi connectivity index (χ0) is 34.4. The molecule has 0 aromatic heterocycles. The van der Waals surface area contributed by atoms with Crippen LogP contribution >= 0.6 is 0 Å². The molecule has 51 heavy (non-hydrogen) atoms. The molecule has 0 heterocycles. The summed E-state index contributed by atoms with van der Waals surface area (Å²) in [5.41, 5.74) is 11.2. The first-order chi connectivity index (χ1) is 22.7. The smallest absolute Gasteiger partial charge is 0.358 e. The Hall–Kier alpha value is -2.81. The molecule has 0 aliphatic rings. The van der Waals surface area contributed by atoms with Crippen molar-refractivity contribution >= 4 is 40.0 Å². The Labute approximate surface area is 331 Å². The molecule has 0 atom stereocenters. The van der Waals surface area contributed by atoms with Crippen molar-refractivity contribution in [2.45, 2.75) is 111 Å². The average Bonchev–Trinajstić information content (AvgIpc) is 3.68. The summed E-state index contributed by atoms with van der Waals surface area (Å²) in [5.74, 6) is 0. The predicted octanol–water partition coefficient (Wildman–Crippen LogP) is 13.6. The van der Waals surface area contributed by atoms with Crippen molar-refractivity contribution in [3.05, 3.63) is 134 Å². The topological polar surface area (TPSA) is 0 Å². The van der Waals surface area contributed by atoms with Gasteiger partial charge in [-0.15, -0.1) is 68.3 Å². The first kappa shape index (κ1) is 42.6. The molecule has 0 N–H and O–H groups in total. The first-order valence-corrected chi connectivity index (χ1v) is 21.0. The van der Waals surface area contributed by atoms with Crippen LogP contribution in [0.5, 0.6) is 0 Å². The van der Waals surface area contributed by atoms with E-state index in [0.717, 1.165) is 0 Å². The number of aryl methyl sites for hydroxylation is 2. The summed E-state index contributed by atoms with van der Waals surface area (Å²) >= 11 is 0. The van der Waals surface area contributed by atoms with Gasteiger partial charge in [-0.25, -0.2) is 0 Å². The predicted molar refractivity (Wildman–Crippen MR) is 229 cm³/mol. The van der Waals surface area contributed by atoms with E-state index in [2.05, 4.69) is 166 Å². The van der Waals surface area contributed by atoms with Gasteiger partial charge in [0.15, 0.2) is 0 Å². The molecule has 0 aliphatic carbocycles. The van der Waals surface area contributed by atoms with Gasteiger partial charge in [0, 0.05) is 0 Å². The second kappa shape index (κ2) is 16.5. The van der Waals surface area contributed by atoms with Crippen molar-refractivity contribution in [3.63, 3.8) is 0 Å². The Balaban J connectivity index is 0.00000234. The Kier molecular flexibility index (Phi) is 13.8. The molecular formula is C49H62HfSi. The van der Waals surface area contributed by atoms with E-state index in [9.17, 15) is 0 Å². The van der Waals surface area contributed by atoms with Gasteiger partial charge in [0.05, 0.1) is 8.07 Å². The van der Waals surface area contributed by atoms with Crippen LogP contribution in [0.15, 0.2) is 97.1 Å². The van der Waals surface area contributed by atoms with Gasteiger partial charge < -0.3 is 14.9 Å². The largest absolute Gasteiger partial charge is 4.00 e. The third-order valence-electron chi connectivity index (χ3n) is 11.1. The molecule has 0 spiro atoms. The Bertz CT molecular complexity index is 1930. The van der Waals surface area contributed by atoms with Crippen molar-refractivity contribution in [1.82, 2.24) is 0 Å². The van der Waals surface area contributed by atoms with Crippen molar-refractivity contribution in [1.29, 1.82) is 0 Å². The molecule has 0 radical (unpaired) electrons. The van der Waals surface area contributed by atoms with E-state index >= 15 is 0 Å². The molecule has 0 saturated heterocycles. The first-order valence-electron chi connectivity index (χ1n) is 18.3. The van der Waals surface area contributed by atoms with Gasteiger partial charge in [-0.05, 0) is 58.1 Å². The summed E-state index contributed by atoms with van der Waals surface area (Å²) < 4.78 is 0. The summed E-state index contributed by atoms with van der Waals surface area (Å²) in [7, 11) is -2.06. The van der Waals surface area contributed by atoms with Crippen molar-refractivity contribution < 1.29 is 25.8 Å². The van der Waals surface area contributed by atoms with E-state index in [1.165, 1.54) is 97.8 Å². The SMILES string of the molecule is CCCCCC[Si](C)(c1cc2c(-c3ccc(C(C)(C)C)cc3C)cccc2[cH-]1)c1cc2c(-c3ccc(C(C)(C)C)cc3C)cccc2[cH-]1.[CH3-].[CH3-].[Hf+4]. The van der Waals surface area contributed by atoms with Crippen LogP contribution in [0.1, 0.15) is 96.4 Å². The fourth-order valence-corrected chi connectivity index (χ4v) is 11.5. The maximum absolute atomic E-state index is 2.65. The van der Waals surface area contributed by atoms with Gasteiger partial charge in [-0.2, -0.15) is 12.1 Å². The third kappa shape index (κ3) is 8.54. The molecular weight excluding hydrogens is 795 g/mol. The molecule has 2 heteroatoms. The van der Waals surface area contributed by atoms with Gasteiger partial charge in [-0.1, -0.05) is 146 Å². The van der Waals surface area contributed by atoms with E-state index in [1.807, 2.05) is 0 Å². The molecule has 266 valence electrons. The van der Waals surface area contributed by atoms with Crippen LogP contribution in [0.2, 0.25) is 12.6 Å². The minimum Gasteiger partial charge on any atom is -0.358 e. The van der Waals surface area contributed by atoms with E-state index in [-0.39, 0.29) is 51.5 Å². The second-order valence-electron chi connectivity index (χ2n) is 16.8. The molecule has 0 amide bonds. The van der Waals surface area contributed by atoms with Crippen LogP contribution in [-0.4, -0.2) is 8.07 Å². The van der Waals surface area contributed by atoms with Gasteiger partial charge in [-0.3, -0.25) is 0 Å². The van der Waals surface area contributed by atoms with Gasteiger partial charge in [0.2, 0.25) is 0 Å². The maximum Gasteiger partial charge on any atom is 4.00 e. The molecule has 0 nitrogen and oxygen atoms in total. The molecule has 6 rings (SSSR count). The standard InChI is InChI=1S/C47H56Si.2CH3.Hf/c1-11-12-13-14-25-48(10,38-28-34-17-15-19-42(44(34)30-38)40-23-21-36(26-32(40)2)46(4,5)6)39-29-35-18-16-20-43(45(35)31-39)41-24-22-37(27-33(41)3)47(7,8)9;;;/h15-24,26-31H,11-14,25H2,1-10H3;2*1H3;/q-2;2*-1;+4. The minimum atomic E-state index is -2.06. The number of rotatable bonds is 9. The maximum atomic E-state index is 2.65. The normalized spacial score (nSPS) is 12.0. The zero-order valence-electron chi connectivity index (χ0n) is 33.8. The summed E-state index contributed by atoms with van der Waals surface area (Å²) in [4.78, 5) is 0. The molecule has 0 saturated carbocycles. The number of fused-ring (bicyclic) bond motifs is 2. The quantitative estimate of drug-likeness (QED) is 0.0772. The number of benzene rings is 4. The van der Waals surface area contributed by atoms with Gasteiger partial charge in [0.25, 0.3) is 0 Å². The molecule has 0 aliphatic heterocycles. The Morgan fingerprint density at radius 3 is 1.35 bits per heavy atom. The van der Waals surface area contributed by atoms with Crippen LogP contribution in [0.4, 0.5) is 0 Å². The van der Waals surface area contributed by atoms with Gasteiger partial charge >= 0.3 is 25.8 Å². The van der Waals surface area contributed by atoms with E-state index < -0.39 is 8.07 Å². The van der Waals surface area contributed by atoms with E-state index in [4.69, 9.17) is 0 Å². The Morgan fingerprint density at radius 2 is 0.980 bits per heavy atom. The number of hydrogen-bond acceptors (Lipinski definition) is 0. The molecule has 6 aromatic rings. The van der Waals surface area contributed by atoms with Crippen molar-refractivity contribution in [2.24, 2.45) is 0 Å². The molecule has 0 fully saturated rings. The van der Waals surface area contributed by atoms with E-state index in [1.54, 1.807) is 10.4 Å². The van der Waals surface area contributed by atoms with Crippen LogP contribution < -0.4 is 10.4 Å². The number of unbranched alkanes of at least 4 members (excludes halogenated alkanes) is 3. The van der Waals surface area contributed by atoms with Crippen molar-refractivity contribution in [3.8, 4) is 22.3 Å². The molecule has 6 aromatic carbocycles. The van der Waals surface area contributed by atoms with Crippen LogP contribution in [0.25, 0.3) is 43.8 Å². The third-order valence-corrected chi connectivity index (χ3v) is 15.6. The fourth-order valence-electron chi connectivity index (χ4n) is 7.80. The summed E-state index contributed by atoms with van der Waals surface area (Å²) in [6.07, 6.45) is 5.19. The van der Waals surface area contributed by atoms with Gasteiger partial charge in [0.1, 0.15) is 0 Å². The Morgan fingerprint density at radius 1 is 0.549 bits per heavy atom. The minimum absolute atomic E-state index is 0. The van der Waals surface area contributed by atoms with Crippen LogP contribution in [-0.2, 0) is 36.7 Å². The monoisotopic (exact) mass is 858 g/mol. The van der Waals surface area contributed by atoms with Crippen LogP contribution in [0, 0.1) is 28.7 Å². The summed E-state index contributed by atoms with van der Waals surface area (Å²) in [6.45, 7) is 23.3. The molecule has 0 unspecified atom stereocenters. The second-order valence-corrected chi connectivity index (χ2v) is 21.1. The van der Waals surface area contributed by atoms with E-state index in [0.29, 0.717) is 0 Å². The average molecular weight is 858 g/mol. The zero-order valence-corrected chi connectivity index (χ0v) is 38.4. The summed E-state index contributed by atoms with van der Waals surface area (Å²) in [6, 6.07) is 39.6. The molecule has 0 bridgehead atoms. The number of hydrogen-bond donors (Lipinski definition) is 0. The summed E-state index contributed by atoms with van der Waals surface area (Å²) in [5, 5.41) is 8.71.